The summed E-state index contributed by atoms with van der Waals surface area (Å²) in [7, 11) is 0. The summed E-state index contributed by atoms with van der Waals surface area (Å²) in [4.78, 5) is 9.28. The summed E-state index contributed by atoms with van der Waals surface area (Å²) in [5, 5.41) is 3.55. The van der Waals surface area contributed by atoms with Gasteiger partial charge >= 0.3 is 0 Å². The van der Waals surface area contributed by atoms with Gasteiger partial charge in [0.2, 0.25) is 0 Å². The molecule has 0 amide bonds. The van der Waals surface area contributed by atoms with Crippen molar-refractivity contribution in [2.75, 3.05) is 0 Å². The first-order chi connectivity index (χ1) is 20.1. The van der Waals surface area contributed by atoms with Gasteiger partial charge in [0, 0.05) is 26.3 Å². The molecule has 205 valence electrons. The van der Waals surface area contributed by atoms with Crippen LogP contribution < -0.4 is 0 Å². The Morgan fingerprint density at radius 3 is 2.14 bits per heavy atom. The van der Waals surface area contributed by atoms with E-state index in [0.717, 1.165) is 28.0 Å². The molecule has 0 aliphatic heterocycles. The smallest absolute Gasteiger partial charge is 0.0595 e. The molecule has 7 aromatic rings. The second kappa shape index (κ2) is 11.4. The van der Waals surface area contributed by atoms with E-state index in [4.69, 9.17) is 4.98 Å². The molecule has 0 saturated carbocycles. The van der Waals surface area contributed by atoms with Gasteiger partial charge in [0.25, 0.3) is 0 Å². The number of nitrogens with zero attached hydrogens (tertiary/aromatic N) is 2. The zero-order valence-electron chi connectivity index (χ0n) is 23.4. The number of fused-ring (bicyclic) bond motifs is 5. The molecule has 0 unspecified atom stereocenters. The Hall–Kier alpha value is -4.43. The summed E-state index contributed by atoms with van der Waals surface area (Å²) < 4.78 is 0. The van der Waals surface area contributed by atoms with Crippen molar-refractivity contribution in [1.82, 2.24) is 9.97 Å². The van der Waals surface area contributed by atoms with Crippen LogP contribution in [0.5, 0.6) is 0 Å². The fourth-order valence-corrected chi connectivity index (χ4v) is 5.79. The number of pyridine rings is 2. The minimum atomic E-state index is 0. The number of hydrogen-bond acceptors (Lipinski definition) is 2. The molecule has 2 aromatic heterocycles. The van der Waals surface area contributed by atoms with Crippen molar-refractivity contribution < 1.29 is 20.1 Å². The molecule has 0 N–H and O–H groups in total. The van der Waals surface area contributed by atoms with Gasteiger partial charge in [-0.1, -0.05) is 110 Å². The second-order valence-electron chi connectivity index (χ2n) is 10.9. The van der Waals surface area contributed by atoms with Crippen molar-refractivity contribution in [2.45, 2.75) is 19.3 Å². The molecule has 0 fully saturated rings. The van der Waals surface area contributed by atoms with Gasteiger partial charge < -0.3 is 4.98 Å². The Labute approximate surface area is 260 Å². The van der Waals surface area contributed by atoms with E-state index >= 15 is 0 Å². The fourth-order valence-electron chi connectivity index (χ4n) is 5.79. The van der Waals surface area contributed by atoms with Gasteiger partial charge in [-0.2, -0.15) is 0 Å². The van der Waals surface area contributed by atoms with Crippen LogP contribution in [0.1, 0.15) is 25.0 Å². The predicted octanol–water partition coefficient (Wildman–Crippen LogP) is 9.71. The van der Waals surface area contributed by atoms with Crippen LogP contribution in [0.3, 0.4) is 0 Å². The van der Waals surface area contributed by atoms with Crippen molar-refractivity contribution in [3.63, 3.8) is 0 Å². The van der Waals surface area contributed by atoms with Crippen LogP contribution in [-0.4, -0.2) is 9.97 Å². The Morgan fingerprint density at radius 2 is 1.31 bits per heavy atom. The topological polar surface area (TPSA) is 25.8 Å². The molecule has 0 saturated heterocycles. The monoisotopic (exact) mass is 717 g/mol. The first-order valence-corrected chi connectivity index (χ1v) is 13.9. The van der Waals surface area contributed by atoms with Gasteiger partial charge in [-0.05, 0) is 44.6 Å². The minimum Gasteiger partial charge on any atom is -0.304 e. The van der Waals surface area contributed by atoms with E-state index in [1.165, 1.54) is 38.4 Å². The molecular weight excluding hydrogens is 689 g/mol. The average Bonchev–Trinajstić information content (AvgIpc) is 3.27. The molecule has 1 aliphatic carbocycles. The van der Waals surface area contributed by atoms with E-state index in [9.17, 15) is 0 Å². The van der Waals surface area contributed by atoms with E-state index < -0.39 is 0 Å². The largest absolute Gasteiger partial charge is 0.304 e. The summed E-state index contributed by atoms with van der Waals surface area (Å²) in [6, 6.07) is 50.5. The molecule has 2 nitrogen and oxygen atoms in total. The molecule has 5 aromatic carbocycles. The van der Waals surface area contributed by atoms with Crippen molar-refractivity contribution in [3.05, 3.63) is 157 Å². The Balaban J connectivity index is 0.000000161. The van der Waals surface area contributed by atoms with E-state index in [-0.39, 0.29) is 25.5 Å². The molecule has 1 aliphatic rings. The van der Waals surface area contributed by atoms with Crippen LogP contribution in [-0.2, 0) is 25.5 Å². The summed E-state index contributed by atoms with van der Waals surface area (Å²) >= 11 is 0. The van der Waals surface area contributed by atoms with Crippen molar-refractivity contribution >= 4 is 21.7 Å². The maximum Gasteiger partial charge on any atom is 0.0595 e. The number of aromatic nitrogens is 2. The maximum atomic E-state index is 4.84. The van der Waals surface area contributed by atoms with Crippen LogP contribution in [0, 0.1) is 12.1 Å². The summed E-state index contributed by atoms with van der Waals surface area (Å²) in [6.07, 6.45) is 1.91. The Morgan fingerprint density at radius 1 is 0.571 bits per heavy atom. The molecular formula is C39H28IrN2-2. The molecule has 0 spiro atoms. The van der Waals surface area contributed by atoms with Crippen molar-refractivity contribution in [3.8, 4) is 33.6 Å². The first kappa shape index (κ1) is 27.7. The van der Waals surface area contributed by atoms with E-state index in [2.05, 4.69) is 110 Å². The van der Waals surface area contributed by atoms with Gasteiger partial charge in [0.1, 0.15) is 0 Å². The van der Waals surface area contributed by atoms with Gasteiger partial charge in [0.05, 0.1) is 5.52 Å². The SMILES string of the molecule is CC1(C)c2ccccc2-c2c[c-]c(-c3ccc4ccccc4n3)cc21.[Ir].[c-]1ccccc1-c1cc2ccccc2cn1. The molecule has 3 heteroatoms. The third-order valence-corrected chi connectivity index (χ3v) is 8.01. The molecule has 0 atom stereocenters. The number of hydrogen-bond donors (Lipinski definition) is 0. The minimum absolute atomic E-state index is 0. The summed E-state index contributed by atoms with van der Waals surface area (Å²) in [6.45, 7) is 4.60. The Kier molecular flexibility index (Phi) is 7.56. The van der Waals surface area contributed by atoms with Crippen LogP contribution in [0.15, 0.2) is 134 Å². The van der Waals surface area contributed by atoms with E-state index in [1.54, 1.807) is 0 Å². The molecule has 1 radical (unpaired) electrons. The van der Waals surface area contributed by atoms with Crippen molar-refractivity contribution in [1.29, 1.82) is 0 Å². The number of rotatable bonds is 2. The third-order valence-electron chi connectivity index (χ3n) is 8.01. The number of para-hydroxylation sites is 1. The van der Waals surface area contributed by atoms with Crippen molar-refractivity contribution in [2.24, 2.45) is 0 Å². The molecule has 42 heavy (non-hydrogen) atoms. The molecule has 8 rings (SSSR count). The average molecular weight is 717 g/mol. The van der Waals surface area contributed by atoms with Gasteiger partial charge in [-0.25, -0.2) is 0 Å². The van der Waals surface area contributed by atoms with E-state index in [0.29, 0.717) is 0 Å². The summed E-state index contributed by atoms with van der Waals surface area (Å²) in [5.74, 6) is 0. The quantitative estimate of drug-likeness (QED) is 0.167. The second-order valence-corrected chi connectivity index (χ2v) is 10.9. The van der Waals surface area contributed by atoms with Gasteiger partial charge in [0.15, 0.2) is 0 Å². The molecule has 2 heterocycles. The van der Waals surface area contributed by atoms with Crippen LogP contribution in [0.25, 0.3) is 55.3 Å². The van der Waals surface area contributed by atoms with Gasteiger partial charge in [-0.15, -0.1) is 65.2 Å². The van der Waals surface area contributed by atoms with Crippen LogP contribution >= 0.6 is 0 Å². The van der Waals surface area contributed by atoms with E-state index in [1.807, 2.05) is 54.7 Å². The molecule has 0 bridgehead atoms. The standard InChI is InChI=1S/C24H18N.C15H10N.Ir/c1-24(2)20-9-5-4-8-18(20)19-13-11-17(15-21(19)24)23-14-12-16-7-3-6-10-22(16)25-23;1-2-6-12(7-3-1)15-10-13-8-4-5-9-14(13)11-16-15;/h3-10,12-15H,1-2H3;1-6,8-11H;/q2*-1;. The third kappa shape index (κ3) is 5.07. The summed E-state index contributed by atoms with van der Waals surface area (Å²) in [5.41, 5.74) is 10.5. The van der Waals surface area contributed by atoms with Gasteiger partial charge in [-0.3, -0.25) is 4.98 Å². The predicted molar refractivity (Wildman–Crippen MR) is 170 cm³/mol. The normalized spacial score (nSPS) is 12.5. The van der Waals surface area contributed by atoms with Crippen LogP contribution in [0.4, 0.5) is 0 Å². The van der Waals surface area contributed by atoms with Crippen LogP contribution in [0.2, 0.25) is 0 Å². The zero-order chi connectivity index (χ0) is 27.8. The zero-order valence-corrected chi connectivity index (χ0v) is 25.8. The Bertz CT molecular complexity index is 2030. The maximum absolute atomic E-state index is 4.84. The first-order valence-electron chi connectivity index (χ1n) is 13.9. The number of benzene rings is 5. The fraction of sp³-hybridized carbons (Fsp3) is 0.0769.